The van der Waals surface area contributed by atoms with Crippen molar-refractivity contribution >= 4 is 28.5 Å². The van der Waals surface area contributed by atoms with Crippen LogP contribution in [0.5, 0.6) is 5.75 Å². The number of carbonyl (C=O) groups excluding carboxylic acids is 2. The largest absolute Gasteiger partial charge is 0.497 e. The number of nitrogens with zero attached hydrogens (tertiary/aromatic N) is 2. The maximum atomic E-state index is 13.6. The lowest BCUT2D eigenvalue weighted by atomic mass is 10.0. The molecule has 1 unspecified atom stereocenters. The summed E-state index contributed by atoms with van der Waals surface area (Å²) >= 11 is 0. The summed E-state index contributed by atoms with van der Waals surface area (Å²) in [5.74, 6) is -0.526. The molecule has 0 radical (unpaired) electrons. The molecule has 5 rings (SSSR count). The summed E-state index contributed by atoms with van der Waals surface area (Å²) in [5.41, 5.74) is 3.43. The predicted molar refractivity (Wildman–Crippen MR) is 141 cm³/mol. The Bertz CT molecular complexity index is 1560. The number of amides is 1. The fraction of sp³-hybridized carbons (Fsp3) is 0.0667. The van der Waals surface area contributed by atoms with Gasteiger partial charge in [-0.2, -0.15) is 0 Å². The number of pyridine rings is 2. The molecule has 0 spiro atoms. The van der Waals surface area contributed by atoms with Gasteiger partial charge >= 0.3 is 5.97 Å². The minimum atomic E-state index is -1.18. The first-order chi connectivity index (χ1) is 18.1. The van der Waals surface area contributed by atoms with Crippen LogP contribution in [-0.4, -0.2) is 29.0 Å². The molecule has 2 heterocycles. The topological polar surface area (TPSA) is 90.4 Å². The Balaban J connectivity index is 1.51. The zero-order valence-corrected chi connectivity index (χ0v) is 20.0. The summed E-state index contributed by atoms with van der Waals surface area (Å²) in [6, 6.07) is 28.5. The molecular weight excluding hydrogens is 466 g/mol. The van der Waals surface area contributed by atoms with Gasteiger partial charge in [-0.3, -0.25) is 9.78 Å². The number of esters is 1. The molecule has 3 aromatic carbocycles. The van der Waals surface area contributed by atoms with Crippen molar-refractivity contribution in [2.45, 2.75) is 6.10 Å². The summed E-state index contributed by atoms with van der Waals surface area (Å²) in [6.07, 6.45) is 2.15. The fourth-order valence-corrected chi connectivity index (χ4v) is 3.99. The Hall–Kier alpha value is -5.04. The number of ether oxygens (including phenoxy) is 2. The van der Waals surface area contributed by atoms with Gasteiger partial charge in [0.15, 0.2) is 0 Å². The van der Waals surface area contributed by atoms with Crippen molar-refractivity contribution in [3.05, 3.63) is 121 Å². The normalized spacial score (nSPS) is 11.5. The highest BCUT2D eigenvalue weighted by Crippen LogP contribution is 2.28. The number of benzene rings is 3. The first-order valence-electron chi connectivity index (χ1n) is 11.6. The number of aromatic nitrogens is 2. The average Bonchev–Trinajstić information content (AvgIpc) is 2.96. The number of hydrogen-bond donors (Lipinski definition) is 1. The predicted octanol–water partition coefficient (Wildman–Crippen LogP) is 5.84. The monoisotopic (exact) mass is 489 g/mol. The number of para-hydroxylation sites is 1. The summed E-state index contributed by atoms with van der Waals surface area (Å²) in [5, 5.41) is 3.46. The van der Waals surface area contributed by atoms with E-state index in [9.17, 15) is 9.59 Å². The van der Waals surface area contributed by atoms with Gasteiger partial charge in [0.25, 0.3) is 5.91 Å². The molecule has 0 aliphatic carbocycles. The Morgan fingerprint density at radius 1 is 0.838 bits per heavy atom. The molecule has 7 heteroatoms. The van der Waals surface area contributed by atoms with Crippen LogP contribution in [0.3, 0.4) is 0 Å². The Morgan fingerprint density at radius 3 is 2.38 bits per heavy atom. The van der Waals surface area contributed by atoms with Gasteiger partial charge in [0.05, 0.1) is 23.9 Å². The summed E-state index contributed by atoms with van der Waals surface area (Å²) < 4.78 is 11.1. The average molecular weight is 490 g/mol. The van der Waals surface area contributed by atoms with Gasteiger partial charge in [0.1, 0.15) is 5.75 Å². The van der Waals surface area contributed by atoms with Crippen molar-refractivity contribution in [1.82, 2.24) is 9.97 Å². The minimum Gasteiger partial charge on any atom is -0.497 e. The van der Waals surface area contributed by atoms with E-state index in [1.54, 1.807) is 74.1 Å². The van der Waals surface area contributed by atoms with Crippen LogP contribution in [0.2, 0.25) is 0 Å². The molecule has 0 aliphatic rings. The number of nitrogens with one attached hydrogen (secondary N) is 1. The molecular formula is C30H23N3O4. The Morgan fingerprint density at radius 2 is 1.59 bits per heavy atom. The second kappa shape index (κ2) is 10.7. The van der Waals surface area contributed by atoms with E-state index in [-0.39, 0.29) is 0 Å². The van der Waals surface area contributed by atoms with E-state index in [4.69, 9.17) is 14.5 Å². The molecule has 1 amide bonds. The van der Waals surface area contributed by atoms with Crippen molar-refractivity contribution in [2.24, 2.45) is 0 Å². The first kappa shape index (κ1) is 23.7. The van der Waals surface area contributed by atoms with Crippen molar-refractivity contribution in [3.63, 3.8) is 0 Å². The van der Waals surface area contributed by atoms with Crippen molar-refractivity contribution in [1.29, 1.82) is 0 Å². The van der Waals surface area contributed by atoms with Gasteiger partial charge < -0.3 is 14.8 Å². The third kappa shape index (κ3) is 5.31. The van der Waals surface area contributed by atoms with Crippen LogP contribution in [0.4, 0.5) is 5.69 Å². The molecule has 37 heavy (non-hydrogen) atoms. The van der Waals surface area contributed by atoms with Crippen LogP contribution in [0.25, 0.3) is 22.2 Å². The highest BCUT2D eigenvalue weighted by Gasteiger charge is 2.27. The second-order valence-electron chi connectivity index (χ2n) is 8.23. The van der Waals surface area contributed by atoms with Crippen molar-refractivity contribution in [2.75, 3.05) is 12.4 Å². The molecule has 0 saturated heterocycles. The van der Waals surface area contributed by atoms with Gasteiger partial charge in [-0.1, -0.05) is 54.6 Å². The van der Waals surface area contributed by atoms with Gasteiger partial charge in [0.2, 0.25) is 6.10 Å². The molecule has 0 fully saturated rings. The van der Waals surface area contributed by atoms with Crippen LogP contribution in [-0.2, 0) is 9.53 Å². The van der Waals surface area contributed by atoms with Gasteiger partial charge in [0, 0.05) is 40.7 Å². The second-order valence-corrected chi connectivity index (χ2v) is 8.23. The lowest BCUT2D eigenvalue weighted by Crippen LogP contribution is -2.26. The summed E-state index contributed by atoms with van der Waals surface area (Å²) in [4.78, 5) is 35.8. The van der Waals surface area contributed by atoms with E-state index in [0.29, 0.717) is 39.2 Å². The number of rotatable bonds is 7. The number of carbonyl (C=O) groups is 2. The molecule has 2 aromatic heterocycles. The van der Waals surface area contributed by atoms with Crippen LogP contribution in [0.1, 0.15) is 22.0 Å². The van der Waals surface area contributed by atoms with E-state index < -0.39 is 18.0 Å². The van der Waals surface area contributed by atoms with Crippen molar-refractivity contribution in [3.8, 4) is 17.0 Å². The molecule has 1 atom stereocenters. The van der Waals surface area contributed by atoms with Gasteiger partial charge in [-0.25, -0.2) is 9.78 Å². The third-order valence-corrected chi connectivity index (χ3v) is 5.81. The number of anilines is 1. The van der Waals surface area contributed by atoms with Crippen LogP contribution in [0, 0.1) is 0 Å². The minimum absolute atomic E-state index is 0.313. The number of methoxy groups -OCH3 is 1. The van der Waals surface area contributed by atoms with E-state index >= 15 is 0 Å². The summed E-state index contributed by atoms with van der Waals surface area (Å²) in [7, 11) is 1.55. The molecule has 0 bridgehead atoms. The highest BCUT2D eigenvalue weighted by molar-refractivity contribution is 6.06. The zero-order chi connectivity index (χ0) is 25.6. The van der Waals surface area contributed by atoms with E-state index in [1.807, 2.05) is 42.5 Å². The smallest absolute Gasteiger partial charge is 0.340 e. The van der Waals surface area contributed by atoms with E-state index in [1.165, 1.54) is 0 Å². The van der Waals surface area contributed by atoms with Gasteiger partial charge in [-0.15, -0.1) is 0 Å². The van der Waals surface area contributed by atoms with E-state index in [2.05, 4.69) is 10.3 Å². The maximum absolute atomic E-state index is 13.6. The number of fused-ring (bicyclic) bond motifs is 1. The van der Waals surface area contributed by atoms with Crippen LogP contribution >= 0.6 is 0 Å². The molecule has 1 N–H and O–H groups in total. The highest BCUT2D eigenvalue weighted by atomic mass is 16.5. The number of hydrogen-bond acceptors (Lipinski definition) is 6. The molecule has 0 aliphatic heterocycles. The molecule has 0 saturated carbocycles. The molecule has 7 nitrogen and oxygen atoms in total. The van der Waals surface area contributed by atoms with E-state index in [0.717, 1.165) is 5.56 Å². The van der Waals surface area contributed by atoms with Crippen molar-refractivity contribution < 1.29 is 19.1 Å². The quantitative estimate of drug-likeness (QED) is 0.289. The summed E-state index contributed by atoms with van der Waals surface area (Å²) in [6.45, 7) is 0. The van der Waals surface area contributed by atoms with Crippen LogP contribution in [0.15, 0.2) is 109 Å². The lowest BCUT2D eigenvalue weighted by Gasteiger charge is -2.19. The first-order valence-corrected chi connectivity index (χ1v) is 11.6. The zero-order valence-electron chi connectivity index (χ0n) is 20.0. The third-order valence-electron chi connectivity index (χ3n) is 5.81. The van der Waals surface area contributed by atoms with Crippen LogP contribution < -0.4 is 10.1 Å². The standard InChI is InChI=1S/C30H23N3O4/c1-36-23-11-7-10-22(18-23)32-29(34)28(21-8-3-2-4-9-21)37-30(35)25-19-27(20-14-16-31-17-15-20)33-26-13-6-5-12-24(25)26/h2-19,28H,1H3,(H,32,34). The SMILES string of the molecule is COc1cccc(NC(=O)C(OC(=O)c2cc(-c3ccncc3)nc3ccccc23)c2ccccc2)c1. The molecule has 182 valence electrons. The lowest BCUT2D eigenvalue weighted by molar-refractivity contribution is -0.125. The molecule has 5 aromatic rings. The fourth-order valence-electron chi connectivity index (χ4n) is 3.99. The maximum Gasteiger partial charge on any atom is 0.340 e. The van der Waals surface area contributed by atoms with Gasteiger partial charge in [-0.05, 0) is 36.4 Å². The Kier molecular flexibility index (Phi) is 6.85. The Labute approximate surface area is 213 Å².